The summed E-state index contributed by atoms with van der Waals surface area (Å²) in [5.74, 6) is -1.32. The number of hydrogen-bond acceptors (Lipinski definition) is 5. The second kappa shape index (κ2) is 16.4. The summed E-state index contributed by atoms with van der Waals surface area (Å²) in [4.78, 5) is 24.7. The summed E-state index contributed by atoms with van der Waals surface area (Å²) in [6.45, 7) is 6.57. The average molecular weight is 549 g/mol. The summed E-state index contributed by atoms with van der Waals surface area (Å²) in [6, 6.07) is 18.5. The monoisotopic (exact) mass is 548 g/mol. The molecule has 0 amide bonds. The van der Waals surface area contributed by atoms with Crippen LogP contribution in [0.25, 0.3) is 11.1 Å². The predicted octanol–water partition coefficient (Wildman–Crippen LogP) is 9.19. The van der Waals surface area contributed by atoms with Gasteiger partial charge in [0.25, 0.3) is 0 Å². The molecule has 40 heavy (non-hydrogen) atoms. The third kappa shape index (κ3) is 9.82. The van der Waals surface area contributed by atoms with E-state index in [1.165, 1.54) is 57.1 Å². The van der Waals surface area contributed by atoms with E-state index in [4.69, 9.17) is 14.2 Å². The molecular formula is C34H41FO5. The first-order chi connectivity index (χ1) is 19.4. The van der Waals surface area contributed by atoms with Gasteiger partial charge < -0.3 is 14.2 Å². The maximum atomic E-state index is 14.4. The smallest absolute Gasteiger partial charge is 0.343 e. The van der Waals surface area contributed by atoms with Crippen LogP contribution in [0, 0.1) is 5.82 Å². The molecule has 0 unspecified atom stereocenters. The van der Waals surface area contributed by atoms with Crippen molar-refractivity contribution >= 4 is 11.9 Å². The molecule has 6 heteroatoms. The van der Waals surface area contributed by atoms with Gasteiger partial charge in [0.05, 0.1) is 23.8 Å². The molecule has 214 valence electrons. The molecule has 5 nitrogen and oxygen atoms in total. The van der Waals surface area contributed by atoms with Crippen molar-refractivity contribution in [3.8, 4) is 22.6 Å². The zero-order valence-electron chi connectivity index (χ0n) is 23.9. The fourth-order valence-corrected chi connectivity index (χ4v) is 4.19. The van der Waals surface area contributed by atoms with E-state index < -0.39 is 17.8 Å². The SMILES string of the molecule is CCCCCCCCCCOc1ccc(-c2ccc(C(=O)Oc3ccc(C(=O)O[C@H](C)CC)c(F)c3)cc2)cc1. The number of esters is 2. The van der Waals surface area contributed by atoms with Crippen molar-refractivity contribution in [2.75, 3.05) is 6.61 Å². The Morgan fingerprint density at radius 1 is 0.725 bits per heavy atom. The van der Waals surface area contributed by atoms with E-state index in [0.29, 0.717) is 12.0 Å². The van der Waals surface area contributed by atoms with Gasteiger partial charge in [-0.2, -0.15) is 0 Å². The molecule has 0 aliphatic carbocycles. The van der Waals surface area contributed by atoms with Gasteiger partial charge in [0.15, 0.2) is 0 Å². The van der Waals surface area contributed by atoms with Gasteiger partial charge in [0, 0.05) is 6.07 Å². The van der Waals surface area contributed by atoms with Crippen LogP contribution in [0.5, 0.6) is 11.5 Å². The fourth-order valence-electron chi connectivity index (χ4n) is 4.19. The molecule has 0 N–H and O–H groups in total. The zero-order chi connectivity index (χ0) is 28.7. The fraction of sp³-hybridized carbons (Fsp3) is 0.412. The Balaban J connectivity index is 1.47. The standard InChI is InChI=1S/C34H41FO5/c1-4-6-7-8-9-10-11-12-23-38-29-19-17-27(18-20-29)26-13-15-28(16-14-26)33(36)40-30-21-22-31(32(35)24-30)34(37)39-25(3)5-2/h13-22,24-25H,4-12,23H2,1-3H3/t25-/m1/s1. The Morgan fingerprint density at radius 2 is 1.30 bits per heavy atom. The van der Waals surface area contributed by atoms with Gasteiger partial charge in [-0.25, -0.2) is 14.0 Å². The first-order valence-corrected chi connectivity index (χ1v) is 14.5. The normalized spacial score (nSPS) is 11.6. The lowest BCUT2D eigenvalue weighted by atomic mass is 10.0. The second-order valence-electron chi connectivity index (χ2n) is 10.1. The van der Waals surface area contributed by atoms with Gasteiger partial charge in [0.2, 0.25) is 0 Å². The van der Waals surface area contributed by atoms with Crippen LogP contribution in [0.15, 0.2) is 66.7 Å². The lowest BCUT2D eigenvalue weighted by Crippen LogP contribution is -2.15. The molecule has 0 saturated heterocycles. The Morgan fingerprint density at radius 3 is 1.90 bits per heavy atom. The Hall–Kier alpha value is -3.67. The Bertz CT molecular complexity index is 1200. The third-order valence-corrected chi connectivity index (χ3v) is 6.83. The van der Waals surface area contributed by atoms with Gasteiger partial charge in [-0.05, 0) is 67.3 Å². The molecule has 0 heterocycles. The molecule has 3 aromatic rings. The average Bonchev–Trinajstić information content (AvgIpc) is 2.96. The van der Waals surface area contributed by atoms with Crippen LogP contribution in [-0.2, 0) is 4.74 Å². The molecule has 0 spiro atoms. The second-order valence-corrected chi connectivity index (χ2v) is 10.1. The molecular weight excluding hydrogens is 507 g/mol. The molecule has 0 bridgehead atoms. The van der Waals surface area contributed by atoms with Crippen LogP contribution < -0.4 is 9.47 Å². The molecule has 0 radical (unpaired) electrons. The van der Waals surface area contributed by atoms with Crippen LogP contribution in [0.2, 0.25) is 0 Å². The van der Waals surface area contributed by atoms with Crippen molar-refractivity contribution < 1.29 is 28.2 Å². The highest BCUT2D eigenvalue weighted by atomic mass is 19.1. The Kier molecular flexibility index (Phi) is 12.7. The number of carbonyl (C=O) groups excluding carboxylic acids is 2. The summed E-state index contributed by atoms with van der Waals surface area (Å²) in [7, 11) is 0. The lowest BCUT2D eigenvalue weighted by molar-refractivity contribution is 0.0329. The summed E-state index contributed by atoms with van der Waals surface area (Å²) in [5, 5.41) is 0. The van der Waals surface area contributed by atoms with Gasteiger partial charge in [-0.15, -0.1) is 0 Å². The van der Waals surface area contributed by atoms with Crippen molar-refractivity contribution in [1.82, 2.24) is 0 Å². The number of ether oxygens (including phenoxy) is 3. The van der Waals surface area contributed by atoms with Crippen LogP contribution in [0.1, 0.15) is 99.3 Å². The van der Waals surface area contributed by atoms with Gasteiger partial charge in [0.1, 0.15) is 17.3 Å². The van der Waals surface area contributed by atoms with Crippen LogP contribution >= 0.6 is 0 Å². The highest BCUT2D eigenvalue weighted by Gasteiger charge is 2.18. The Labute approximate surface area is 237 Å². The lowest BCUT2D eigenvalue weighted by Gasteiger charge is -2.12. The van der Waals surface area contributed by atoms with Crippen molar-refractivity contribution in [3.63, 3.8) is 0 Å². The quantitative estimate of drug-likeness (QED) is 0.101. The minimum atomic E-state index is -0.806. The number of halogens is 1. The molecule has 0 aliphatic rings. The van der Waals surface area contributed by atoms with E-state index in [2.05, 4.69) is 6.92 Å². The van der Waals surface area contributed by atoms with Gasteiger partial charge >= 0.3 is 11.9 Å². The summed E-state index contributed by atoms with van der Waals surface area (Å²) < 4.78 is 30.8. The molecule has 0 saturated carbocycles. The van der Waals surface area contributed by atoms with Crippen molar-refractivity contribution in [3.05, 3.63) is 83.7 Å². The third-order valence-electron chi connectivity index (χ3n) is 6.83. The number of unbranched alkanes of at least 4 members (excludes halogenated alkanes) is 7. The van der Waals surface area contributed by atoms with E-state index in [1.54, 1.807) is 19.1 Å². The van der Waals surface area contributed by atoms with E-state index in [9.17, 15) is 14.0 Å². The van der Waals surface area contributed by atoms with E-state index in [-0.39, 0.29) is 17.4 Å². The van der Waals surface area contributed by atoms with Crippen LogP contribution in [0.4, 0.5) is 4.39 Å². The topological polar surface area (TPSA) is 61.8 Å². The van der Waals surface area contributed by atoms with Crippen molar-refractivity contribution in [2.45, 2.75) is 84.7 Å². The number of carbonyl (C=O) groups is 2. The number of hydrogen-bond donors (Lipinski definition) is 0. The first kappa shape index (κ1) is 30.9. The molecule has 0 aliphatic heterocycles. The summed E-state index contributed by atoms with van der Waals surface area (Å²) in [6.07, 6.45) is 10.5. The van der Waals surface area contributed by atoms with E-state index in [0.717, 1.165) is 36.0 Å². The zero-order valence-corrected chi connectivity index (χ0v) is 23.9. The minimum absolute atomic E-state index is 0.00855. The summed E-state index contributed by atoms with van der Waals surface area (Å²) >= 11 is 0. The number of rotatable bonds is 16. The van der Waals surface area contributed by atoms with Crippen molar-refractivity contribution in [1.29, 1.82) is 0 Å². The molecule has 3 rings (SSSR count). The van der Waals surface area contributed by atoms with Gasteiger partial charge in [-0.1, -0.05) is 83.1 Å². The summed E-state index contributed by atoms with van der Waals surface area (Å²) in [5.41, 5.74) is 2.08. The predicted molar refractivity (Wildman–Crippen MR) is 157 cm³/mol. The molecule has 0 aromatic heterocycles. The first-order valence-electron chi connectivity index (χ1n) is 14.5. The largest absolute Gasteiger partial charge is 0.494 e. The highest BCUT2D eigenvalue weighted by molar-refractivity contribution is 5.92. The van der Waals surface area contributed by atoms with E-state index in [1.807, 2.05) is 43.3 Å². The van der Waals surface area contributed by atoms with Gasteiger partial charge in [-0.3, -0.25) is 0 Å². The van der Waals surface area contributed by atoms with E-state index >= 15 is 0 Å². The maximum absolute atomic E-state index is 14.4. The number of benzene rings is 3. The van der Waals surface area contributed by atoms with Crippen LogP contribution in [-0.4, -0.2) is 24.6 Å². The highest BCUT2D eigenvalue weighted by Crippen LogP contribution is 2.24. The maximum Gasteiger partial charge on any atom is 0.343 e. The van der Waals surface area contributed by atoms with Crippen molar-refractivity contribution in [2.24, 2.45) is 0 Å². The van der Waals surface area contributed by atoms with Crippen LogP contribution in [0.3, 0.4) is 0 Å². The molecule has 0 fully saturated rings. The molecule has 3 aromatic carbocycles. The minimum Gasteiger partial charge on any atom is -0.494 e. The molecule has 1 atom stereocenters.